The van der Waals surface area contributed by atoms with E-state index in [1.807, 2.05) is 54.6 Å². The van der Waals surface area contributed by atoms with Gasteiger partial charge in [-0.3, -0.25) is 24.9 Å². The Balaban J connectivity index is 1.85. The molecule has 112 valence electrons. The molecule has 0 aromatic carbocycles. The molecule has 5 nitrogen and oxygen atoms in total. The van der Waals surface area contributed by atoms with Crippen LogP contribution in [0.1, 0.15) is 23.2 Å². The van der Waals surface area contributed by atoms with Gasteiger partial charge in [0.15, 0.2) is 6.17 Å². The molecule has 0 aliphatic heterocycles. The molecule has 0 spiro atoms. The molecule has 0 aliphatic carbocycles. The van der Waals surface area contributed by atoms with Crippen molar-refractivity contribution in [1.82, 2.24) is 15.0 Å². The molecular formula is C18H15N5. The Morgan fingerprint density at radius 2 is 1.17 bits per heavy atom. The minimum Gasteiger partial charge on any atom is -0.258 e. The van der Waals surface area contributed by atoms with E-state index in [0.717, 1.165) is 17.1 Å². The minimum absolute atomic E-state index is 0.430. The van der Waals surface area contributed by atoms with Crippen molar-refractivity contribution in [3.63, 3.8) is 0 Å². The fourth-order valence-electron chi connectivity index (χ4n) is 1.92. The molecule has 3 heterocycles. The van der Waals surface area contributed by atoms with E-state index in [9.17, 15) is 0 Å². The van der Waals surface area contributed by atoms with E-state index in [0.29, 0.717) is 0 Å². The normalized spacial score (nSPS) is 12.7. The van der Waals surface area contributed by atoms with E-state index in [-0.39, 0.29) is 0 Å². The lowest BCUT2D eigenvalue weighted by Crippen LogP contribution is -1.98. The van der Waals surface area contributed by atoms with Gasteiger partial charge >= 0.3 is 0 Å². The highest BCUT2D eigenvalue weighted by molar-refractivity contribution is 5.78. The second-order valence-corrected chi connectivity index (χ2v) is 4.69. The van der Waals surface area contributed by atoms with Crippen LogP contribution in [0.15, 0.2) is 83.2 Å². The van der Waals surface area contributed by atoms with E-state index < -0.39 is 6.17 Å². The molecule has 0 N–H and O–H groups in total. The van der Waals surface area contributed by atoms with Gasteiger partial charge in [0.1, 0.15) is 0 Å². The summed E-state index contributed by atoms with van der Waals surface area (Å²) in [6.07, 6.45) is 8.17. The van der Waals surface area contributed by atoms with Gasteiger partial charge in [0.2, 0.25) is 0 Å². The molecule has 0 radical (unpaired) electrons. The van der Waals surface area contributed by atoms with Crippen molar-refractivity contribution in [2.45, 2.75) is 6.17 Å². The fourth-order valence-corrected chi connectivity index (χ4v) is 1.92. The SMILES string of the molecule is C(=NC(N=Cc1ccccn1)c1ccccn1)c1ccccn1. The van der Waals surface area contributed by atoms with Gasteiger partial charge in [0.05, 0.1) is 29.5 Å². The largest absolute Gasteiger partial charge is 0.258 e. The Morgan fingerprint density at radius 1 is 0.652 bits per heavy atom. The van der Waals surface area contributed by atoms with Crippen molar-refractivity contribution >= 4 is 12.4 Å². The number of pyridine rings is 3. The summed E-state index contributed by atoms with van der Waals surface area (Å²) in [5, 5.41) is 0. The van der Waals surface area contributed by atoms with Crippen molar-refractivity contribution in [2.75, 3.05) is 0 Å². The zero-order chi connectivity index (χ0) is 15.7. The summed E-state index contributed by atoms with van der Waals surface area (Å²) in [6, 6.07) is 17.0. The van der Waals surface area contributed by atoms with E-state index >= 15 is 0 Å². The maximum Gasteiger partial charge on any atom is 0.181 e. The van der Waals surface area contributed by atoms with E-state index in [1.165, 1.54) is 0 Å². The molecule has 0 bridgehead atoms. The molecule has 0 aliphatic rings. The molecule has 3 rings (SSSR count). The molecule has 3 aromatic rings. The lowest BCUT2D eigenvalue weighted by molar-refractivity contribution is 0.753. The smallest absolute Gasteiger partial charge is 0.181 e. The highest BCUT2D eigenvalue weighted by Gasteiger charge is 2.07. The first-order valence-electron chi connectivity index (χ1n) is 7.21. The minimum atomic E-state index is -0.430. The van der Waals surface area contributed by atoms with Crippen LogP contribution in [0.25, 0.3) is 0 Å². The molecular weight excluding hydrogens is 286 g/mol. The van der Waals surface area contributed by atoms with Gasteiger partial charge in [-0.25, -0.2) is 0 Å². The first-order valence-corrected chi connectivity index (χ1v) is 7.21. The van der Waals surface area contributed by atoms with Crippen LogP contribution in [-0.4, -0.2) is 27.4 Å². The second-order valence-electron chi connectivity index (χ2n) is 4.69. The Labute approximate surface area is 134 Å². The van der Waals surface area contributed by atoms with E-state index in [1.54, 1.807) is 31.0 Å². The molecule has 5 heteroatoms. The lowest BCUT2D eigenvalue weighted by Gasteiger charge is -2.06. The zero-order valence-electron chi connectivity index (χ0n) is 12.4. The monoisotopic (exact) mass is 301 g/mol. The molecule has 0 saturated carbocycles. The molecule has 0 atom stereocenters. The van der Waals surface area contributed by atoms with E-state index in [2.05, 4.69) is 24.9 Å². The van der Waals surface area contributed by atoms with Gasteiger partial charge in [-0.2, -0.15) is 0 Å². The third-order valence-corrected chi connectivity index (χ3v) is 3.02. The van der Waals surface area contributed by atoms with Gasteiger partial charge in [0, 0.05) is 18.6 Å². The lowest BCUT2D eigenvalue weighted by atomic mass is 10.3. The first kappa shape index (κ1) is 14.7. The van der Waals surface area contributed by atoms with Crippen LogP contribution < -0.4 is 0 Å². The number of aromatic nitrogens is 3. The van der Waals surface area contributed by atoms with E-state index in [4.69, 9.17) is 0 Å². The van der Waals surface area contributed by atoms with Gasteiger partial charge in [0.25, 0.3) is 0 Å². The Morgan fingerprint density at radius 3 is 1.61 bits per heavy atom. The summed E-state index contributed by atoms with van der Waals surface area (Å²) in [7, 11) is 0. The molecule has 0 amide bonds. The maximum absolute atomic E-state index is 4.50. The summed E-state index contributed by atoms with van der Waals surface area (Å²) in [5.41, 5.74) is 2.33. The molecule has 0 fully saturated rings. The van der Waals surface area contributed by atoms with Gasteiger partial charge in [-0.05, 0) is 36.4 Å². The predicted octanol–water partition coefficient (Wildman–Crippen LogP) is 3.11. The third-order valence-electron chi connectivity index (χ3n) is 3.02. The number of nitrogens with zero attached hydrogens (tertiary/aromatic N) is 5. The summed E-state index contributed by atoms with van der Waals surface area (Å²) in [6.45, 7) is 0. The van der Waals surface area contributed by atoms with Crippen LogP contribution in [0.2, 0.25) is 0 Å². The van der Waals surface area contributed by atoms with Crippen LogP contribution in [0, 0.1) is 0 Å². The first-order chi connectivity index (χ1) is 11.4. The van der Waals surface area contributed by atoms with Crippen molar-refractivity contribution in [3.05, 3.63) is 90.3 Å². The Bertz CT molecular complexity index is 721. The average Bonchev–Trinajstić information content (AvgIpc) is 2.64. The van der Waals surface area contributed by atoms with Crippen molar-refractivity contribution < 1.29 is 0 Å². The second kappa shape index (κ2) is 7.70. The van der Waals surface area contributed by atoms with Gasteiger partial charge in [-0.1, -0.05) is 18.2 Å². The average molecular weight is 301 g/mol. The summed E-state index contributed by atoms with van der Waals surface area (Å²) in [4.78, 5) is 21.8. The van der Waals surface area contributed by atoms with Crippen LogP contribution >= 0.6 is 0 Å². The Hall–Kier alpha value is -3.21. The number of hydrogen-bond donors (Lipinski definition) is 0. The van der Waals surface area contributed by atoms with Crippen molar-refractivity contribution in [1.29, 1.82) is 0 Å². The van der Waals surface area contributed by atoms with Crippen LogP contribution in [-0.2, 0) is 0 Å². The van der Waals surface area contributed by atoms with Crippen LogP contribution in [0.4, 0.5) is 0 Å². The maximum atomic E-state index is 4.50. The molecule has 0 saturated heterocycles. The number of rotatable bonds is 5. The summed E-state index contributed by atoms with van der Waals surface area (Å²) < 4.78 is 0. The van der Waals surface area contributed by atoms with Gasteiger partial charge in [-0.15, -0.1) is 0 Å². The quantitative estimate of drug-likeness (QED) is 0.680. The summed E-state index contributed by atoms with van der Waals surface area (Å²) >= 11 is 0. The van der Waals surface area contributed by atoms with Crippen molar-refractivity contribution in [3.8, 4) is 0 Å². The predicted molar refractivity (Wildman–Crippen MR) is 90.6 cm³/mol. The fraction of sp³-hybridized carbons (Fsp3) is 0.0556. The number of hydrogen-bond acceptors (Lipinski definition) is 5. The third kappa shape index (κ3) is 4.38. The van der Waals surface area contributed by atoms with Gasteiger partial charge < -0.3 is 0 Å². The van der Waals surface area contributed by atoms with Crippen molar-refractivity contribution in [2.24, 2.45) is 9.98 Å². The standard InChI is InChI=1S/C18H15N5/c1-4-10-19-15(7-1)13-22-18(17-9-3-6-12-21-17)23-14-16-8-2-5-11-20-16/h1-14,18H. The topological polar surface area (TPSA) is 63.4 Å². The Kier molecular flexibility index (Phi) is 4.93. The molecule has 0 unspecified atom stereocenters. The summed E-state index contributed by atoms with van der Waals surface area (Å²) in [5.74, 6) is 0. The van der Waals surface area contributed by atoms with Crippen LogP contribution in [0.3, 0.4) is 0 Å². The molecule has 23 heavy (non-hydrogen) atoms. The highest BCUT2D eigenvalue weighted by atomic mass is 15.0. The zero-order valence-corrected chi connectivity index (χ0v) is 12.4. The number of aliphatic imine (C=N–C) groups is 2. The highest BCUT2D eigenvalue weighted by Crippen LogP contribution is 2.16. The molecule has 3 aromatic heterocycles. The van der Waals surface area contributed by atoms with Crippen LogP contribution in [0.5, 0.6) is 0 Å².